The Morgan fingerprint density at radius 1 is 1.29 bits per heavy atom. The van der Waals surface area contributed by atoms with Crippen LogP contribution in [0.15, 0.2) is 0 Å². The molecular formula is C12H26N2O3. The molecule has 1 fully saturated rings. The second-order valence-electron chi connectivity index (χ2n) is 4.83. The van der Waals surface area contributed by atoms with E-state index in [4.69, 9.17) is 10.2 Å². The fraction of sp³-hybridized carbons (Fsp3) is 1.00. The van der Waals surface area contributed by atoms with Gasteiger partial charge >= 0.3 is 0 Å². The lowest BCUT2D eigenvalue weighted by atomic mass is 9.88. The van der Waals surface area contributed by atoms with Crippen LogP contribution >= 0.6 is 0 Å². The number of aliphatic hydroxyl groups excluding tert-OH is 3. The molecule has 3 atom stereocenters. The van der Waals surface area contributed by atoms with Crippen LogP contribution in [0.3, 0.4) is 0 Å². The lowest BCUT2D eigenvalue weighted by Gasteiger charge is -2.39. The van der Waals surface area contributed by atoms with Crippen molar-refractivity contribution >= 4 is 0 Å². The van der Waals surface area contributed by atoms with Crippen LogP contribution in [0, 0.1) is 5.92 Å². The number of aliphatic hydroxyl groups is 3. The predicted octanol–water partition coefficient (Wildman–Crippen LogP) is -0.978. The molecule has 0 spiro atoms. The molecule has 102 valence electrons. The van der Waals surface area contributed by atoms with Crippen LogP contribution < -0.4 is 5.32 Å². The highest BCUT2D eigenvalue weighted by Gasteiger charge is 2.30. The van der Waals surface area contributed by atoms with Crippen molar-refractivity contribution in [2.45, 2.75) is 31.9 Å². The third-order valence-corrected chi connectivity index (χ3v) is 3.48. The van der Waals surface area contributed by atoms with E-state index in [0.29, 0.717) is 19.1 Å². The summed E-state index contributed by atoms with van der Waals surface area (Å²) in [7, 11) is 0. The molecule has 17 heavy (non-hydrogen) atoms. The molecule has 1 aliphatic rings. The summed E-state index contributed by atoms with van der Waals surface area (Å²) in [6, 6.07) is 0.300. The Morgan fingerprint density at radius 2 is 2.06 bits per heavy atom. The first-order chi connectivity index (χ1) is 8.21. The Morgan fingerprint density at radius 3 is 2.65 bits per heavy atom. The zero-order valence-electron chi connectivity index (χ0n) is 10.7. The van der Waals surface area contributed by atoms with E-state index in [-0.39, 0.29) is 25.2 Å². The molecule has 0 aliphatic carbocycles. The monoisotopic (exact) mass is 246 g/mol. The molecule has 1 aliphatic heterocycles. The molecule has 0 aromatic rings. The van der Waals surface area contributed by atoms with Crippen molar-refractivity contribution in [2.24, 2.45) is 5.92 Å². The highest BCUT2D eigenvalue weighted by Crippen LogP contribution is 2.21. The molecule has 0 aromatic heterocycles. The number of nitrogens with one attached hydrogen (secondary N) is 1. The zero-order chi connectivity index (χ0) is 12.7. The Hall–Kier alpha value is -0.200. The summed E-state index contributed by atoms with van der Waals surface area (Å²) in [4.78, 5) is 2.18. The van der Waals surface area contributed by atoms with E-state index < -0.39 is 0 Å². The molecule has 0 aromatic carbocycles. The summed E-state index contributed by atoms with van der Waals surface area (Å²) in [5, 5.41) is 31.1. The Labute approximate surface area is 103 Å². The number of likely N-dealkylation sites (tertiary alicyclic amines) is 1. The van der Waals surface area contributed by atoms with Gasteiger partial charge in [0.15, 0.2) is 0 Å². The lowest BCUT2D eigenvalue weighted by Crippen LogP contribution is -2.52. The first-order valence-corrected chi connectivity index (χ1v) is 6.56. The second-order valence-corrected chi connectivity index (χ2v) is 4.83. The van der Waals surface area contributed by atoms with Crippen LogP contribution in [-0.2, 0) is 0 Å². The number of hydrogen-bond donors (Lipinski definition) is 4. The smallest absolute Gasteiger partial charge is 0.0578 e. The van der Waals surface area contributed by atoms with E-state index in [2.05, 4.69) is 10.2 Å². The normalized spacial score (nSPS) is 28.2. The fourth-order valence-electron chi connectivity index (χ4n) is 2.59. The van der Waals surface area contributed by atoms with Gasteiger partial charge in [0.05, 0.1) is 19.3 Å². The maximum atomic E-state index is 9.95. The summed E-state index contributed by atoms with van der Waals surface area (Å²) in [6.45, 7) is 5.27. The van der Waals surface area contributed by atoms with Crippen molar-refractivity contribution in [3.63, 3.8) is 0 Å². The molecule has 0 radical (unpaired) electrons. The van der Waals surface area contributed by atoms with Crippen LogP contribution in [0.4, 0.5) is 0 Å². The second kappa shape index (κ2) is 8.00. The van der Waals surface area contributed by atoms with Gasteiger partial charge in [-0.3, -0.25) is 4.90 Å². The highest BCUT2D eigenvalue weighted by atomic mass is 16.3. The number of β-amino-alcohol motifs (C(OH)–C–C–N with tert-alkyl or cyclic N) is 1. The van der Waals surface area contributed by atoms with Gasteiger partial charge < -0.3 is 20.6 Å². The van der Waals surface area contributed by atoms with E-state index in [9.17, 15) is 5.11 Å². The van der Waals surface area contributed by atoms with Gasteiger partial charge in [-0.2, -0.15) is 0 Å². The largest absolute Gasteiger partial charge is 0.395 e. The quantitative estimate of drug-likeness (QED) is 0.465. The van der Waals surface area contributed by atoms with Crippen molar-refractivity contribution in [3.05, 3.63) is 0 Å². The van der Waals surface area contributed by atoms with Crippen molar-refractivity contribution < 1.29 is 15.3 Å². The Balaban J connectivity index is 2.49. The third kappa shape index (κ3) is 4.89. The van der Waals surface area contributed by atoms with Gasteiger partial charge in [0.1, 0.15) is 0 Å². The topological polar surface area (TPSA) is 76.0 Å². The van der Waals surface area contributed by atoms with Crippen LogP contribution in [0.2, 0.25) is 0 Å². The molecular weight excluding hydrogens is 220 g/mol. The van der Waals surface area contributed by atoms with Crippen LogP contribution in [0.25, 0.3) is 0 Å². The van der Waals surface area contributed by atoms with Crippen LogP contribution in [-0.4, -0.2) is 71.8 Å². The Kier molecular flexibility index (Phi) is 6.99. The maximum Gasteiger partial charge on any atom is 0.0578 e. The summed E-state index contributed by atoms with van der Waals surface area (Å²) >= 11 is 0. The number of nitrogens with zero attached hydrogens (tertiary/aromatic N) is 1. The maximum absolute atomic E-state index is 9.95. The summed E-state index contributed by atoms with van der Waals surface area (Å²) in [5.41, 5.74) is 0. The average Bonchev–Trinajstić information content (AvgIpc) is 2.35. The van der Waals surface area contributed by atoms with Gasteiger partial charge in [0.25, 0.3) is 0 Å². The standard InChI is InChI=1S/C12H26N2O3/c1-2-12(17)10-7-11(13-3-5-15)9-14(8-10)4-6-16/h10-13,15-17H,2-9H2,1H3. The van der Waals surface area contributed by atoms with Gasteiger partial charge in [-0.25, -0.2) is 0 Å². The molecule has 1 rings (SSSR count). The Bertz CT molecular complexity index is 204. The van der Waals surface area contributed by atoms with Gasteiger partial charge in [-0.05, 0) is 18.8 Å². The van der Waals surface area contributed by atoms with Crippen molar-refractivity contribution in [1.29, 1.82) is 0 Å². The number of piperidine rings is 1. The van der Waals surface area contributed by atoms with Gasteiger partial charge in [0, 0.05) is 32.2 Å². The molecule has 3 unspecified atom stereocenters. The summed E-state index contributed by atoms with van der Waals surface area (Å²) in [6.07, 6.45) is 1.44. The first kappa shape index (κ1) is 14.9. The zero-order valence-corrected chi connectivity index (χ0v) is 10.7. The van der Waals surface area contributed by atoms with Crippen molar-refractivity contribution in [1.82, 2.24) is 10.2 Å². The summed E-state index contributed by atoms with van der Waals surface area (Å²) in [5.74, 6) is 0.261. The van der Waals surface area contributed by atoms with E-state index in [1.807, 2.05) is 6.92 Å². The molecule has 5 nitrogen and oxygen atoms in total. The van der Waals surface area contributed by atoms with Crippen molar-refractivity contribution in [3.8, 4) is 0 Å². The number of hydrogen-bond acceptors (Lipinski definition) is 5. The average molecular weight is 246 g/mol. The van der Waals surface area contributed by atoms with E-state index in [0.717, 1.165) is 25.9 Å². The van der Waals surface area contributed by atoms with Gasteiger partial charge in [-0.1, -0.05) is 6.92 Å². The first-order valence-electron chi connectivity index (χ1n) is 6.56. The van der Waals surface area contributed by atoms with Crippen molar-refractivity contribution in [2.75, 3.05) is 39.4 Å². The molecule has 0 bridgehead atoms. The van der Waals surface area contributed by atoms with Crippen LogP contribution in [0.1, 0.15) is 19.8 Å². The van der Waals surface area contributed by atoms with Gasteiger partial charge in [-0.15, -0.1) is 0 Å². The minimum absolute atomic E-state index is 0.136. The van der Waals surface area contributed by atoms with Crippen LogP contribution in [0.5, 0.6) is 0 Å². The third-order valence-electron chi connectivity index (χ3n) is 3.48. The molecule has 1 saturated heterocycles. The molecule has 5 heteroatoms. The molecule has 4 N–H and O–H groups in total. The lowest BCUT2D eigenvalue weighted by molar-refractivity contribution is 0.0294. The molecule has 0 amide bonds. The minimum Gasteiger partial charge on any atom is -0.395 e. The minimum atomic E-state index is -0.269. The van der Waals surface area contributed by atoms with E-state index in [1.165, 1.54) is 0 Å². The number of rotatable bonds is 7. The summed E-state index contributed by atoms with van der Waals surface area (Å²) < 4.78 is 0. The van der Waals surface area contributed by atoms with Gasteiger partial charge in [0.2, 0.25) is 0 Å². The molecule has 1 heterocycles. The van der Waals surface area contributed by atoms with E-state index in [1.54, 1.807) is 0 Å². The molecule has 0 saturated carbocycles. The fourth-order valence-corrected chi connectivity index (χ4v) is 2.59. The predicted molar refractivity (Wildman–Crippen MR) is 66.8 cm³/mol. The van der Waals surface area contributed by atoms with E-state index >= 15 is 0 Å². The SMILES string of the molecule is CCC(O)C1CC(NCCO)CN(CCO)C1. The highest BCUT2D eigenvalue weighted by molar-refractivity contribution is 4.86.